The summed E-state index contributed by atoms with van der Waals surface area (Å²) in [6, 6.07) is 1.91. The molecular weight excluding hydrogens is 190 g/mol. The Bertz CT molecular complexity index is 302. The molecule has 4 nitrogen and oxygen atoms in total. The number of hydrogen-bond donors (Lipinski definition) is 3. The molecule has 4 N–H and O–H groups in total. The van der Waals surface area contributed by atoms with Crippen LogP contribution in [0.15, 0.2) is 12.3 Å². The SMILES string of the molecule is Cc1cc(N)cnc1NCCCCCO. The van der Waals surface area contributed by atoms with E-state index in [1.807, 2.05) is 13.0 Å². The molecule has 1 aromatic heterocycles. The van der Waals surface area contributed by atoms with Gasteiger partial charge >= 0.3 is 0 Å². The second-order valence-electron chi connectivity index (χ2n) is 3.65. The van der Waals surface area contributed by atoms with Gasteiger partial charge in [-0.2, -0.15) is 0 Å². The first kappa shape index (κ1) is 11.8. The molecule has 0 radical (unpaired) electrons. The van der Waals surface area contributed by atoms with Gasteiger partial charge in [-0.3, -0.25) is 0 Å². The van der Waals surface area contributed by atoms with Gasteiger partial charge in [0.2, 0.25) is 0 Å². The molecule has 4 heteroatoms. The van der Waals surface area contributed by atoms with Crippen LogP contribution < -0.4 is 11.1 Å². The van der Waals surface area contributed by atoms with Gasteiger partial charge < -0.3 is 16.2 Å². The maximum absolute atomic E-state index is 8.61. The number of nitrogens with zero attached hydrogens (tertiary/aromatic N) is 1. The van der Waals surface area contributed by atoms with Crippen LogP contribution in [-0.2, 0) is 0 Å². The fourth-order valence-corrected chi connectivity index (χ4v) is 1.40. The minimum atomic E-state index is 0.277. The molecule has 0 amide bonds. The summed E-state index contributed by atoms with van der Waals surface area (Å²) in [7, 11) is 0. The summed E-state index contributed by atoms with van der Waals surface area (Å²) < 4.78 is 0. The largest absolute Gasteiger partial charge is 0.397 e. The standard InChI is InChI=1S/C11H19N3O/c1-9-7-10(12)8-14-11(9)13-5-3-2-4-6-15/h7-8,15H,2-6,12H2,1H3,(H,13,14). The molecule has 0 bridgehead atoms. The normalized spacial score (nSPS) is 10.3. The molecule has 84 valence electrons. The van der Waals surface area contributed by atoms with Gasteiger partial charge in [0.25, 0.3) is 0 Å². The second-order valence-corrected chi connectivity index (χ2v) is 3.65. The molecule has 1 aromatic rings. The van der Waals surface area contributed by atoms with Crippen LogP contribution in [0.4, 0.5) is 11.5 Å². The van der Waals surface area contributed by atoms with E-state index in [1.165, 1.54) is 0 Å². The zero-order valence-electron chi connectivity index (χ0n) is 9.16. The van der Waals surface area contributed by atoms with Crippen molar-refractivity contribution in [1.82, 2.24) is 4.98 Å². The van der Waals surface area contributed by atoms with Crippen LogP contribution in [0.25, 0.3) is 0 Å². The number of nitrogens with two attached hydrogens (primary N) is 1. The number of aromatic nitrogens is 1. The molecule has 0 saturated carbocycles. The maximum atomic E-state index is 8.61. The van der Waals surface area contributed by atoms with Gasteiger partial charge in [0.05, 0.1) is 11.9 Å². The van der Waals surface area contributed by atoms with Crippen molar-refractivity contribution in [3.63, 3.8) is 0 Å². The van der Waals surface area contributed by atoms with E-state index in [4.69, 9.17) is 10.8 Å². The minimum Gasteiger partial charge on any atom is -0.397 e. The number of aliphatic hydroxyl groups is 1. The summed E-state index contributed by atoms with van der Waals surface area (Å²) in [5.74, 6) is 0.896. The molecule has 0 saturated heterocycles. The number of anilines is 2. The third kappa shape index (κ3) is 4.16. The lowest BCUT2D eigenvalue weighted by atomic mass is 10.2. The fourth-order valence-electron chi connectivity index (χ4n) is 1.40. The van der Waals surface area contributed by atoms with Gasteiger partial charge in [0.15, 0.2) is 0 Å². The van der Waals surface area contributed by atoms with Crippen molar-refractivity contribution in [3.8, 4) is 0 Å². The van der Waals surface area contributed by atoms with Crippen molar-refractivity contribution in [3.05, 3.63) is 17.8 Å². The van der Waals surface area contributed by atoms with Gasteiger partial charge in [-0.05, 0) is 37.8 Å². The Morgan fingerprint density at radius 2 is 2.20 bits per heavy atom. The van der Waals surface area contributed by atoms with E-state index in [2.05, 4.69) is 10.3 Å². The number of rotatable bonds is 6. The average molecular weight is 209 g/mol. The van der Waals surface area contributed by atoms with E-state index in [1.54, 1.807) is 6.20 Å². The third-order valence-corrected chi connectivity index (χ3v) is 2.23. The van der Waals surface area contributed by atoms with Crippen molar-refractivity contribution in [1.29, 1.82) is 0 Å². The first-order valence-corrected chi connectivity index (χ1v) is 5.31. The van der Waals surface area contributed by atoms with Gasteiger partial charge in [0.1, 0.15) is 5.82 Å². The lowest BCUT2D eigenvalue weighted by Crippen LogP contribution is -2.05. The number of nitrogen functional groups attached to an aromatic ring is 1. The van der Waals surface area contributed by atoms with Crippen LogP contribution in [0.5, 0.6) is 0 Å². The van der Waals surface area contributed by atoms with Crippen molar-refractivity contribution >= 4 is 11.5 Å². The Hall–Kier alpha value is -1.29. The molecule has 1 rings (SSSR count). The Morgan fingerprint density at radius 1 is 1.40 bits per heavy atom. The van der Waals surface area contributed by atoms with Gasteiger partial charge in [-0.1, -0.05) is 0 Å². The second kappa shape index (κ2) is 6.24. The molecule has 0 unspecified atom stereocenters. The highest BCUT2D eigenvalue weighted by molar-refractivity contribution is 5.50. The molecule has 0 aliphatic heterocycles. The lowest BCUT2D eigenvalue weighted by molar-refractivity contribution is 0.283. The average Bonchev–Trinajstić information content (AvgIpc) is 2.20. The molecule has 0 atom stereocenters. The summed E-state index contributed by atoms with van der Waals surface area (Å²) >= 11 is 0. The maximum Gasteiger partial charge on any atom is 0.128 e. The zero-order valence-corrected chi connectivity index (χ0v) is 9.16. The van der Waals surface area contributed by atoms with Crippen molar-refractivity contribution in [2.75, 3.05) is 24.2 Å². The number of aryl methyl sites for hydroxylation is 1. The summed E-state index contributed by atoms with van der Waals surface area (Å²) in [6.07, 6.45) is 4.61. The number of unbranched alkanes of at least 4 members (excludes halogenated alkanes) is 2. The minimum absolute atomic E-state index is 0.277. The quantitative estimate of drug-likeness (QED) is 0.622. The topological polar surface area (TPSA) is 71.2 Å². The van der Waals surface area contributed by atoms with E-state index in [9.17, 15) is 0 Å². The number of pyridine rings is 1. The monoisotopic (exact) mass is 209 g/mol. The van der Waals surface area contributed by atoms with E-state index >= 15 is 0 Å². The Labute approximate surface area is 90.5 Å². The fraction of sp³-hybridized carbons (Fsp3) is 0.545. The van der Waals surface area contributed by atoms with Crippen LogP contribution in [0.3, 0.4) is 0 Å². The van der Waals surface area contributed by atoms with E-state index in [0.717, 1.165) is 37.2 Å². The molecule has 0 spiro atoms. The molecule has 1 heterocycles. The first-order chi connectivity index (χ1) is 7.24. The molecule has 0 aliphatic carbocycles. The molecular formula is C11H19N3O. The highest BCUT2D eigenvalue weighted by Gasteiger charge is 1.98. The first-order valence-electron chi connectivity index (χ1n) is 5.31. The van der Waals surface area contributed by atoms with Crippen LogP contribution in [0.1, 0.15) is 24.8 Å². The Balaban J connectivity index is 2.31. The van der Waals surface area contributed by atoms with E-state index < -0.39 is 0 Å². The van der Waals surface area contributed by atoms with Crippen molar-refractivity contribution in [2.24, 2.45) is 0 Å². The van der Waals surface area contributed by atoms with E-state index in [0.29, 0.717) is 5.69 Å². The van der Waals surface area contributed by atoms with E-state index in [-0.39, 0.29) is 6.61 Å². The summed E-state index contributed by atoms with van der Waals surface area (Å²) in [4.78, 5) is 4.21. The number of nitrogens with one attached hydrogen (secondary N) is 1. The predicted octanol–water partition coefficient (Wildman–Crippen LogP) is 1.55. The summed E-state index contributed by atoms with van der Waals surface area (Å²) in [5, 5.41) is 11.9. The summed E-state index contributed by atoms with van der Waals surface area (Å²) in [6.45, 7) is 3.15. The van der Waals surface area contributed by atoms with Crippen LogP contribution in [0.2, 0.25) is 0 Å². The predicted molar refractivity (Wildman–Crippen MR) is 62.8 cm³/mol. The zero-order chi connectivity index (χ0) is 11.1. The van der Waals surface area contributed by atoms with Crippen LogP contribution in [0, 0.1) is 6.92 Å². The Kier molecular flexibility index (Phi) is 4.90. The van der Waals surface area contributed by atoms with Gasteiger partial charge in [-0.25, -0.2) is 4.98 Å². The highest BCUT2D eigenvalue weighted by Crippen LogP contribution is 2.13. The van der Waals surface area contributed by atoms with Gasteiger partial charge in [0, 0.05) is 13.2 Å². The number of aliphatic hydroxyl groups excluding tert-OH is 1. The summed E-state index contributed by atoms with van der Waals surface area (Å²) in [5.41, 5.74) is 7.36. The smallest absolute Gasteiger partial charge is 0.128 e. The number of hydrogen-bond acceptors (Lipinski definition) is 4. The van der Waals surface area contributed by atoms with Crippen LogP contribution in [-0.4, -0.2) is 23.2 Å². The molecule has 0 aliphatic rings. The van der Waals surface area contributed by atoms with Crippen molar-refractivity contribution < 1.29 is 5.11 Å². The highest BCUT2D eigenvalue weighted by atomic mass is 16.2. The lowest BCUT2D eigenvalue weighted by Gasteiger charge is -2.08. The Morgan fingerprint density at radius 3 is 2.87 bits per heavy atom. The van der Waals surface area contributed by atoms with Gasteiger partial charge in [-0.15, -0.1) is 0 Å². The van der Waals surface area contributed by atoms with Crippen molar-refractivity contribution in [2.45, 2.75) is 26.2 Å². The molecule has 15 heavy (non-hydrogen) atoms. The third-order valence-electron chi connectivity index (χ3n) is 2.23. The molecule has 0 fully saturated rings. The van der Waals surface area contributed by atoms with Crippen LogP contribution >= 0.6 is 0 Å². The molecule has 0 aromatic carbocycles.